The minimum atomic E-state index is -0.0884. The summed E-state index contributed by atoms with van der Waals surface area (Å²) >= 11 is 0. The van der Waals surface area contributed by atoms with Gasteiger partial charge in [-0.15, -0.1) is 5.10 Å². The molecule has 1 amide bonds. The van der Waals surface area contributed by atoms with Crippen molar-refractivity contribution in [3.05, 3.63) is 42.9 Å². The zero-order chi connectivity index (χ0) is 25.4. The molecule has 11 heteroatoms. The van der Waals surface area contributed by atoms with Gasteiger partial charge < -0.3 is 25.7 Å². The molecule has 3 aromatic heterocycles. The molecule has 0 saturated carbocycles. The summed E-state index contributed by atoms with van der Waals surface area (Å²) in [4.78, 5) is 28.2. The summed E-state index contributed by atoms with van der Waals surface area (Å²) in [6, 6.07) is 8.16. The fraction of sp³-hybridized carbons (Fsp3) is 0.385. The van der Waals surface area contributed by atoms with Gasteiger partial charge in [-0.3, -0.25) is 14.4 Å². The van der Waals surface area contributed by atoms with Crippen LogP contribution in [0, 0.1) is 0 Å². The van der Waals surface area contributed by atoms with Gasteiger partial charge in [-0.2, -0.15) is 0 Å². The molecule has 0 bridgehead atoms. The van der Waals surface area contributed by atoms with Crippen LogP contribution in [0.1, 0.15) is 19.3 Å². The molecule has 2 fully saturated rings. The van der Waals surface area contributed by atoms with E-state index in [-0.39, 0.29) is 11.9 Å². The van der Waals surface area contributed by atoms with E-state index in [4.69, 9.17) is 9.72 Å². The van der Waals surface area contributed by atoms with Crippen LogP contribution in [0.25, 0.3) is 22.2 Å². The maximum absolute atomic E-state index is 13.3. The average molecular weight is 502 g/mol. The summed E-state index contributed by atoms with van der Waals surface area (Å²) in [5, 5.41) is 15.0. The second-order valence-corrected chi connectivity index (χ2v) is 9.58. The van der Waals surface area contributed by atoms with Crippen molar-refractivity contribution in [1.29, 1.82) is 0 Å². The normalized spacial score (nSPS) is 19.9. The van der Waals surface area contributed by atoms with E-state index >= 15 is 0 Å². The van der Waals surface area contributed by atoms with E-state index in [1.165, 1.54) is 0 Å². The van der Waals surface area contributed by atoms with Gasteiger partial charge in [0.1, 0.15) is 5.69 Å². The zero-order valence-electron chi connectivity index (χ0n) is 21.0. The Kier molecular flexibility index (Phi) is 6.23. The number of aryl methyl sites for hydroxylation is 1. The highest BCUT2D eigenvalue weighted by Crippen LogP contribution is 2.33. The lowest BCUT2D eigenvalue weighted by atomic mass is 10.1. The van der Waals surface area contributed by atoms with Crippen LogP contribution < -0.4 is 20.7 Å². The molecular weight excluding hydrogens is 470 g/mol. The summed E-state index contributed by atoms with van der Waals surface area (Å²) in [7, 11) is 3.40. The molecule has 2 aliphatic heterocycles. The van der Waals surface area contributed by atoms with Crippen LogP contribution in [-0.4, -0.2) is 74.4 Å². The number of methoxy groups -OCH3 is 1. The number of carbonyl (C=O) groups excluding carboxylic acids is 1. The van der Waals surface area contributed by atoms with Crippen LogP contribution in [0.3, 0.4) is 0 Å². The van der Waals surface area contributed by atoms with Crippen LogP contribution in [0.15, 0.2) is 42.9 Å². The molecule has 4 N–H and O–H groups in total. The Morgan fingerprint density at radius 3 is 2.97 bits per heavy atom. The Morgan fingerprint density at radius 1 is 1.22 bits per heavy atom. The lowest BCUT2D eigenvalue weighted by molar-refractivity contribution is -0.120. The highest BCUT2D eigenvalue weighted by molar-refractivity contribution is 6.06. The predicted molar refractivity (Wildman–Crippen MR) is 142 cm³/mol. The smallest absolute Gasteiger partial charge is 0.256 e. The van der Waals surface area contributed by atoms with Crippen LogP contribution in [-0.2, 0) is 11.8 Å². The van der Waals surface area contributed by atoms with Crippen molar-refractivity contribution in [1.82, 2.24) is 34.9 Å². The number of para-hydroxylation sites is 1. The molecule has 1 unspecified atom stereocenters. The first-order chi connectivity index (χ1) is 18.1. The van der Waals surface area contributed by atoms with Gasteiger partial charge in [-0.05, 0) is 44.5 Å². The molecule has 2 aliphatic rings. The third-order valence-electron chi connectivity index (χ3n) is 7.24. The van der Waals surface area contributed by atoms with Gasteiger partial charge in [0.05, 0.1) is 36.2 Å². The van der Waals surface area contributed by atoms with Crippen molar-refractivity contribution in [2.45, 2.75) is 31.3 Å². The van der Waals surface area contributed by atoms with Crippen molar-refractivity contribution >= 4 is 34.1 Å². The molecule has 1 aromatic carbocycles. The standard InChI is InChI=1S/C26H31N9O2/c1-34-15-21(25(33-34)37-2)32-26-28-11-9-19(31-26)18-14-29-23-17(18)5-3-6-20(23)30-24(36)22-7-4-12-35(22)16-8-10-27-13-16/h3,5-6,9,11,14-16,22,27,29H,4,7-8,10,12-13H2,1-2H3,(H,30,36)(H,28,31,32)/t16-,22?/m0/s1. The Bertz CT molecular complexity index is 1420. The second kappa shape index (κ2) is 9.83. The predicted octanol–water partition coefficient (Wildman–Crippen LogP) is 2.88. The Labute approximate surface area is 214 Å². The van der Waals surface area contributed by atoms with Gasteiger partial charge in [0, 0.05) is 43.0 Å². The van der Waals surface area contributed by atoms with Gasteiger partial charge in [-0.1, -0.05) is 12.1 Å². The van der Waals surface area contributed by atoms with E-state index in [2.05, 4.69) is 35.9 Å². The molecule has 6 rings (SSSR count). The van der Waals surface area contributed by atoms with Gasteiger partial charge in [0.25, 0.3) is 5.88 Å². The third kappa shape index (κ3) is 4.51. The van der Waals surface area contributed by atoms with E-state index in [1.54, 1.807) is 18.0 Å². The molecule has 37 heavy (non-hydrogen) atoms. The minimum Gasteiger partial charge on any atom is -0.478 e. The van der Waals surface area contributed by atoms with Crippen molar-refractivity contribution in [2.24, 2.45) is 7.05 Å². The molecule has 2 saturated heterocycles. The maximum Gasteiger partial charge on any atom is 0.256 e. The van der Waals surface area contributed by atoms with Gasteiger partial charge in [0.15, 0.2) is 0 Å². The van der Waals surface area contributed by atoms with Crippen molar-refractivity contribution in [3.63, 3.8) is 0 Å². The van der Waals surface area contributed by atoms with E-state index in [0.717, 1.165) is 66.7 Å². The number of H-pyrrole nitrogens is 1. The SMILES string of the molecule is COc1nn(C)cc1Nc1nccc(-c2c[nH]c3c(NC(=O)C4CCCN4[C@H]4CCNC4)cccc23)n1. The summed E-state index contributed by atoms with van der Waals surface area (Å²) in [5.74, 6) is 0.964. The molecule has 0 radical (unpaired) electrons. The minimum absolute atomic E-state index is 0.0620. The third-order valence-corrected chi connectivity index (χ3v) is 7.24. The molecule has 11 nitrogen and oxygen atoms in total. The number of aromatic nitrogens is 5. The molecule has 2 atom stereocenters. The number of hydrogen-bond acceptors (Lipinski definition) is 8. The maximum atomic E-state index is 13.3. The number of anilines is 3. The summed E-state index contributed by atoms with van der Waals surface area (Å²) in [5.41, 5.74) is 4.01. The molecule has 0 aliphatic carbocycles. The van der Waals surface area contributed by atoms with Crippen LogP contribution in [0.4, 0.5) is 17.3 Å². The van der Waals surface area contributed by atoms with Crippen molar-refractivity contribution < 1.29 is 9.53 Å². The van der Waals surface area contributed by atoms with Gasteiger partial charge in [0.2, 0.25) is 11.9 Å². The van der Waals surface area contributed by atoms with Gasteiger partial charge in [-0.25, -0.2) is 9.97 Å². The average Bonchev–Trinajstić information content (AvgIpc) is 3.70. The molecule has 192 valence electrons. The fourth-order valence-electron chi connectivity index (χ4n) is 5.51. The van der Waals surface area contributed by atoms with Crippen LogP contribution in [0.5, 0.6) is 5.88 Å². The number of likely N-dealkylation sites (tertiary alicyclic amines) is 1. The number of ether oxygens (including phenoxy) is 1. The van der Waals surface area contributed by atoms with Crippen molar-refractivity contribution in [2.75, 3.05) is 37.4 Å². The number of fused-ring (bicyclic) bond motifs is 1. The van der Waals surface area contributed by atoms with Gasteiger partial charge >= 0.3 is 0 Å². The number of hydrogen-bond donors (Lipinski definition) is 4. The summed E-state index contributed by atoms with van der Waals surface area (Å²) in [6.45, 7) is 2.97. The van der Waals surface area contributed by atoms with E-state index in [1.807, 2.05) is 43.7 Å². The lowest BCUT2D eigenvalue weighted by Crippen LogP contribution is -2.46. The quantitative estimate of drug-likeness (QED) is 0.305. The second-order valence-electron chi connectivity index (χ2n) is 9.58. The van der Waals surface area contributed by atoms with Crippen LogP contribution in [0.2, 0.25) is 0 Å². The summed E-state index contributed by atoms with van der Waals surface area (Å²) in [6.07, 6.45) is 8.49. The first kappa shape index (κ1) is 23.4. The highest BCUT2D eigenvalue weighted by Gasteiger charge is 2.36. The monoisotopic (exact) mass is 501 g/mol. The first-order valence-electron chi connectivity index (χ1n) is 12.7. The first-order valence-corrected chi connectivity index (χ1v) is 12.7. The Morgan fingerprint density at radius 2 is 2.14 bits per heavy atom. The number of rotatable bonds is 7. The zero-order valence-corrected chi connectivity index (χ0v) is 21.0. The van der Waals surface area contributed by atoms with E-state index < -0.39 is 0 Å². The Balaban J connectivity index is 1.24. The van der Waals surface area contributed by atoms with Crippen molar-refractivity contribution in [3.8, 4) is 17.1 Å². The summed E-state index contributed by atoms with van der Waals surface area (Å²) < 4.78 is 6.98. The number of nitrogens with one attached hydrogen (secondary N) is 4. The fourth-order valence-corrected chi connectivity index (χ4v) is 5.51. The largest absolute Gasteiger partial charge is 0.478 e. The number of aromatic amines is 1. The molecule has 5 heterocycles. The van der Waals surface area contributed by atoms with Crippen LogP contribution >= 0.6 is 0 Å². The number of carbonyl (C=O) groups is 1. The molecular formula is C26H31N9O2. The van der Waals surface area contributed by atoms with E-state index in [9.17, 15) is 4.79 Å². The highest BCUT2D eigenvalue weighted by atomic mass is 16.5. The molecule has 0 spiro atoms. The lowest BCUT2D eigenvalue weighted by Gasteiger charge is -2.29. The number of benzene rings is 1. The number of nitrogens with zero attached hydrogens (tertiary/aromatic N) is 5. The Hall–Kier alpha value is -3.96. The number of amides is 1. The topological polar surface area (TPSA) is 125 Å². The molecule has 4 aromatic rings. The van der Waals surface area contributed by atoms with E-state index in [0.29, 0.717) is 23.6 Å².